The summed E-state index contributed by atoms with van der Waals surface area (Å²) in [4.78, 5) is 15.8. The zero-order valence-corrected chi connectivity index (χ0v) is 31.7. The van der Waals surface area contributed by atoms with E-state index >= 15 is 0 Å². The van der Waals surface area contributed by atoms with Crippen molar-refractivity contribution in [1.82, 2.24) is 15.3 Å². The normalized spacial score (nSPS) is 13.7. The number of aromatic nitrogens is 2. The number of benzene rings is 8. The molecule has 2 heterocycles. The zero-order valence-electron chi connectivity index (χ0n) is 31.7. The summed E-state index contributed by atoms with van der Waals surface area (Å²) in [6.45, 7) is 0. The van der Waals surface area contributed by atoms with Crippen molar-refractivity contribution in [3.63, 3.8) is 0 Å². The summed E-state index contributed by atoms with van der Waals surface area (Å²) in [5.74, 6) is 1.50. The van der Waals surface area contributed by atoms with Crippen LogP contribution in [0.15, 0.2) is 223 Å². The first-order valence-corrected chi connectivity index (χ1v) is 19.6. The van der Waals surface area contributed by atoms with Crippen LogP contribution in [0.3, 0.4) is 0 Å². The SMILES string of the molecule is C1=C(c2ccccc2)N=C(c2ccc(-c3ccccc3-c3nc(-c4ccccc4)cc(-c4ccccc4)n3)cc2-c2cccc3ccccc23)NC1c1ccccc1. The van der Waals surface area contributed by atoms with Crippen molar-refractivity contribution in [2.24, 2.45) is 4.99 Å². The molecule has 1 unspecified atom stereocenters. The van der Waals surface area contributed by atoms with E-state index in [1.54, 1.807) is 0 Å². The van der Waals surface area contributed by atoms with Crippen LogP contribution in [0.4, 0.5) is 0 Å². The molecule has 1 aliphatic heterocycles. The third-order valence-corrected chi connectivity index (χ3v) is 10.8. The smallest absolute Gasteiger partial charge is 0.161 e. The molecule has 0 aliphatic carbocycles. The summed E-state index contributed by atoms with van der Waals surface area (Å²) < 4.78 is 0. The number of nitrogens with one attached hydrogen (secondary N) is 1. The molecule has 0 spiro atoms. The molecule has 9 aromatic rings. The number of hydrogen-bond acceptors (Lipinski definition) is 4. The van der Waals surface area contributed by atoms with Crippen molar-refractivity contribution in [2.45, 2.75) is 6.04 Å². The van der Waals surface area contributed by atoms with Gasteiger partial charge in [-0.25, -0.2) is 15.0 Å². The minimum absolute atomic E-state index is 0.0717. The fraction of sp³-hybridized carbons (Fsp3) is 0.0185. The number of rotatable bonds is 8. The van der Waals surface area contributed by atoms with Crippen LogP contribution in [0.25, 0.3) is 72.6 Å². The van der Waals surface area contributed by atoms with Crippen LogP contribution in [0, 0.1) is 0 Å². The largest absolute Gasteiger partial charge is 0.359 e. The molecule has 1 atom stereocenters. The molecule has 0 bridgehead atoms. The van der Waals surface area contributed by atoms with Gasteiger partial charge in [-0.15, -0.1) is 0 Å². The predicted molar refractivity (Wildman–Crippen MR) is 240 cm³/mol. The number of nitrogens with zero attached hydrogens (tertiary/aromatic N) is 3. The van der Waals surface area contributed by atoms with Crippen LogP contribution in [0.1, 0.15) is 22.7 Å². The van der Waals surface area contributed by atoms with Gasteiger partial charge in [-0.2, -0.15) is 0 Å². The molecule has 4 heteroatoms. The lowest BCUT2D eigenvalue weighted by molar-refractivity contribution is 0.781. The summed E-state index contributed by atoms with van der Waals surface area (Å²) in [5.41, 5.74) is 13.3. The molecule has 274 valence electrons. The van der Waals surface area contributed by atoms with Gasteiger partial charge in [-0.05, 0) is 62.4 Å². The highest BCUT2D eigenvalue weighted by Gasteiger charge is 2.24. The van der Waals surface area contributed by atoms with E-state index in [1.165, 1.54) is 16.3 Å². The second kappa shape index (κ2) is 15.4. The van der Waals surface area contributed by atoms with E-state index in [0.717, 1.165) is 73.0 Å². The monoisotopic (exact) mass is 742 g/mol. The Bertz CT molecular complexity index is 2890. The predicted octanol–water partition coefficient (Wildman–Crippen LogP) is 13.1. The van der Waals surface area contributed by atoms with Crippen LogP contribution in [0.2, 0.25) is 0 Å². The molecule has 1 N–H and O–H groups in total. The molecule has 58 heavy (non-hydrogen) atoms. The highest BCUT2D eigenvalue weighted by Crippen LogP contribution is 2.39. The van der Waals surface area contributed by atoms with Gasteiger partial charge >= 0.3 is 0 Å². The highest BCUT2D eigenvalue weighted by molar-refractivity contribution is 6.11. The van der Waals surface area contributed by atoms with Gasteiger partial charge < -0.3 is 5.32 Å². The van der Waals surface area contributed by atoms with Crippen LogP contribution in [0.5, 0.6) is 0 Å². The van der Waals surface area contributed by atoms with Crippen molar-refractivity contribution >= 4 is 22.3 Å². The van der Waals surface area contributed by atoms with Gasteiger partial charge in [0.1, 0.15) is 5.84 Å². The van der Waals surface area contributed by atoms with Crippen molar-refractivity contribution < 1.29 is 0 Å². The first-order chi connectivity index (χ1) is 28.7. The Kier molecular flexibility index (Phi) is 9.26. The third kappa shape index (κ3) is 6.89. The van der Waals surface area contributed by atoms with Gasteiger partial charge in [-0.1, -0.05) is 200 Å². The van der Waals surface area contributed by atoms with Gasteiger partial charge in [0.15, 0.2) is 5.82 Å². The molecule has 0 fully saturated rings. The Labute approximate surface area is 338 Å². The second-order valence-corrected chi connectivity index (χ2v) is 14.4. The molecule has 10 rings (SSSR count). The molecular weight excluding hydrogens is 705 g/mol. The van der Waals surface area contributed by atoms with E-state index < -0.39 is 0 Å². The molecule has 8 aromatic carbocycles. The minimum atomic E-state index is -0.0717. The Balaban J connectivity index is 1.17. The molecule has 0 saturated carbocycles. The first-order valence-electron chi connectivity index (χ1n) is 19.6. The van der Waals surface area contributed by atoms with E-state index in [1.807, 2.05) is 18.2 Å². The molecule has 0 saturated heterocycles. The van der Waals surface area contributed by atoms with Crippen LogP contribution < -0.4 is 5.32 Å². The standard InChI is InChI=1S/C54H38N4/c1-5-19-38(20-6-1)49-35-50(39-21-7-2-8-22-39)56-53(55-49)46-30-16-15-29-44(46)42-32-33-47(48(34-42)45-31-17-27-37-18-13-14-28-43(37)45)54-57-51(40-23-9-3-10-24-40)36-52(58-54)41-25-11-4-12-26-41/h1-36,51H,(H,57,58). The summed E-state index contributed by atoms with van der Waals surface area (Å²) in [7, 11) is 0. The van der Waals surface area contributed by atoms with E-state index in [9.17, 15) is 0 Å². The number of hydrogen-bond donors (Lipinski definition) is 1. The quantitative estimate of drug-likeness (QED) is 0.169. The van der Waals surface area contributed by atoms with Crippen LogP contribution in [-0.4, -0.2) is 15.8 Å². The number of amidine groups is 1. The van der Waals surface area contributed by atoms with E-state index in [0.29, 0.717) is 5.82 Å². The maximum absolute atomic E-state index is 5.36. The van der Waals surface area contributed by atoms with Gasteiger partial charge in [0.25, 0.3) is 0 Å². The third-order valence-electron chi connectivity index (χ3n) is 10.8. The first kappa shape index (κ1) is 34.8. The molecule has 4 nitrogen and oxygen atoms in total. The molecule has 1 aromatic heterocycles. The summed E-state index contributed by atoms with van der Waals surface area (Å²) in [6.07, 6.45) is 2.23. The Morgan fingerprint density at radius 2 is 0.931 bits per heavy atom. The summed E-state index contributed by atoms with van der Waals surface area (Å²) in [5, 5.41) is 6.20. The van der Waals surface area contributed by atoms with E-state index in [-0.39, 0.29) is 6.04 Å². The minimum Gasteiger partial charge on any atom is -0.359 e. The van der Waals surface area contributed by atoms with Crippen molar-refractivity contribution in [3.8, 4) is 56.2 Å². The zero-order chi connectivity index (χ0) is 38.7. The number of fused-ring (bicyclic) bond motifs is 1. The summed E-state index contributed by atoms with van der Waals surface area (Å²) in [6, 6.07) is 74.1. The second-order valence-electron chi connectivity index (χ2n) is 14.4. The van der Waals surface area contributed by atoms with Gasteiger partial charge in [0.2, 0.25) is 0 Å². The fourth-order valence-electron chi connectivity index (χ4n) is 7.90. The highest BCUT2D eigenvalue weighted by atomic mass is 15.0. The lowest BCUT2D eigenvalue weighted by Crippen LogP contribution is -2.31. The molecular formula is C54H38N4. The molecule has 1 aliphatic rings. The molecule has 0 radical (unpaired) electrons. The Hall–Kier alpha value is -7.69. The number of aliphatic imine (C=N–C) groups is 1. The fourth-order valence-corrected chi connectivity index (χ4v) is 7.90. The topological polar surface area (TPSA) is 50.2 Å². The lowest BCUT2D eigenvalue weighted by Gasteiger charge is -2.26. The van der Waals surface area contributed by atoms with Crippen molar-refractivity contribution in [3.05, 3.63) is 235 Å². The van der Waals surface area contributed by atoms with E-state index in [4.69, 9.17) is 15.0 Å². The molecule has 0 amide bonds. The van der Waals surface area contributed by atoms with Crippen LogP contribution in [-0.2, 0) is 0 Å². The van der Waals surface area contributed by atoms with E-state index in [2.05, 4.69) is 206 Å². The van der Waals surface area contributed by atoms with Crippen LogP contribution >= 0.6 is 0 Å². The summed E-state index contributed by atoms with van der Waals surface area (Å²) >= 11 is 0. The van der Waals surface area contributed by atoms with Gasteiger partial charge in [0, 0.05) is 22.3 Å². The average molecular weight is 743 g/mol. The maximum atomic E-state index is 5.36. The lowest BCUT2D eigenvalue weighted by atomic mass is 9.89. The van der Waals surface area contributed by atoms with Gasteiger partial charge in [0.05, 0.1) is 23.1 Å². The van der Waals surface area contributed by atoms with Crippen molar-refractivity contribution in [1.29, 1.82) is 0 Å². The average Bonchev–Trinajstić information content (AvgIpc) is 3.32. The Morgan fingerprint density at radius 1 is 0.379 bits per heavy atom. The van der Waals surface area contributed by atoms with Crippen molar-refractivity contribution in [2.75, 3.05) is 0 Å². The van der Waals surface area contributed by atoms with Gasteiger partial charge in [-0.3, -0.25) is 0 Å². The Morgan fingerprint density at radius 3 is 1.62 bits per heavy atom. The maximum Gasteiger partial charge on any atom is 0.161 e.